The van der Waals surface area contributed by atoms with Crippen molar-refractivity contribution in [2.45, 2.75) is 32.3 Å². The number of nitrogens with one attached hydrogen (secondary N) is 1. The van der Waals surface area contributed by atoms with Gasteiger partial charge in [0.25, 0.3) is 0 Å². The van der Waals surface area contributed by atoms with E-state index in [0.717, 1.165) is 22.9 Å². The molecule has 122 valence electrons. The van der Waals surface area contributed by atoms with E-state index < -0.39 is 5.60 Å². The standard InChI is InChI=1S/C17H21N3O3/c1-17(2,3)23-16(22)20-8-11(10-21)13(9-20)15-12-4-6-18-14(12)5-7-19-15/h4-7,10-11,13,18H,8-9H2,1-3H3/t11-,13+/m0/s1. The van der Waals surface area contributed by atoms with Gasteiger partial charge >= 0.3 is 6.09 Å². The number of ether oxygens (including phenoxy) is 1. The first kappa shape index (κ1) is 15.5. The third-order valence-electron chi connectivity index (χ3n) is 4.05. The molecule has 1 N–H and O–H groups in total. The smallest absolute Gasteiger partial charge is 0.410 e. The van der Waals surface area contributed by atoms with E-state index in [2.05, 4.69) is 9.97 Å². The zero-order valence-electron chi connectivity index (χ0n) is 13.6. The lowest BCUT2D eigenvalue weighted by molar-refractivity contribution is -0.111. The Morgan fingerprint density at radius 1 is 1.39 bits per heavy atom. The molecule has 1 fully saturated rings. The number of aromatic amines is 1. The van der Waals surface area contributed by atoms with Gasteiger partial charge in [0.15, 0.2) is 0 Å². The SMILES string of the molecule is CC(C)(C)OC(=O)N1C[C@@H](C=O)[C@H](c2nccc3[nH]ccc23)C1. The summed E-state index contributed by atoms with van der Waals surface area (Å²) in [5.41, 5.74) is 1.28. The van der Waals surface area contributed by atoms with Gasteiger partial charge in [-0.1, -0.05) is 0 Å². The fourth-order valence-corrected chi connectivity index (χ4v) is 3.03. The zero-order valence-corrected chi connectivity index (χ0v) is 13.6. The van der Waals surface area contributed by atoms with Crippen LogP contribution in [0.3, 0.4) is 0 Å². The molecule has 3 heterocycles. The summed E-state index contributed by atoms with van der Waals surface area (Å²) < 4.78 is 5.42. The van der Waals surface area contributed by atoms with E-state index >= 15 is 0 Å². The molecule has 1 saturated heterocycles. The fraction of sp³-hybridized carbons (Fsp3) is 0.471. The van der Waals surface area contributed by atoms with Crippen LogP contribution < -0.4 is 0 Å². The highest BCUT2D eigenvalue weighted by molar-refractivity contribution is 5.83. The van der Waals surface area contributed by atoms with Crippen LogP contribution in [0.15, 0.2) is 24.5 Å². The van der Waals surface area contributed by atoms with E-state index in [4.69, 9.17) is 4.74 Å². The summed E-state index contributed by atoms with van der Waals surface area (Å²) in [6.07, 6.45) is 4.12. The van der Waals surface area contributed by atoms with Gasteiger partial charge in [0.1, 0.15) is 11.9 Å². The number of pyridine rings is 1. The van der Waals surface area contributed by atoms with Crippen molar-refractivity contribution in [2.75, 3.05) is 13.1 Å². The van der Waals surface area contributed by atoms with Crippen molar-refractivity contribution in [3.8, 4) is 0 Å². The molecule has 2 aromatic heterocycles. The van der Waals surface area contributed by atoms with Gasteiger partial charge in [-0.3, -0.25) is 4.98 Å². The number of fused-ring (bicyclic) bond motifs is 1. The highest BCUT2D eigenvalue weighted by Gasteiger charge is 2.39. The van der Waals surface area contributed by atoms with E-state index in [1.165, 1.54) is 0 Å². The van der Waals surface area contributed by atoms with Crippen molar-refractivity contribution < 1.29 is 14.3 Å². The molecule has 0 unspecified atom stereocenters. The Balaban J connectivity index is 1.87. The quantitative estimate of drug-likeness (QED) is 0.865. The fourth-order valence-electron chi connectivity index (χ4n) is 3.03. The molecule has 23 heavy (non-hydrogen) atoms. The Labute approximate surface area is 134 Å². The molecule has 1 amide bonds. The van der Waals surface area contributed by atoms with E-state index in [0.29, 0.717) is 13.1 Å². The normalized spacial score (nSPS) is 21.6. The maximum atomic E-state index is 12.3. The number of aldehydes is 1. The Bertz CT molecular complexity index is 732. The second kappa shape index (κ2) is 5.68. The maximum absolute atomic E-state index is 12.3. The average Bonchev–Trinajstić information content (AvgIpc) is 3.11. The molecule has 1 aliphatic heterocycles. The molecule has 0 spiro atoms. The highest BCUT2D eigenvalue weighted by Crippen LogP contribution is 2.34. The van der Waals surface area contributed by atoms with E-state index in [-0.39, 0.29) is 17.9 Å². The predicted octanol–water partition coefficient (Wildman–Crippen LogP) is 2.71. The van der Waals surface area contributed by atoms with Gasteiger partial charge in [0.2, 0.25) is 0 Å². The van der Waals surface area contributed by atoms with Crippen molar-refractivity contribution in [1.82, 2.24) is 14.9 Å². The molecule has 1 aliphatic rings. The topological polar surface area (TPSA) is 75.3 Å². The van der Waals surface area contributed by atoms with Crippen molar-refractivity contribution >= 4 is 23.3 Å². The second-order valence-electron chi connectivity index (χ2n) is 6.93. The molecular weight excluding hydrogens is 294 g/mol. The summed E-state index contributed by atoms with van der Waals surface area (Å²) in [5, 5.41) is 0.996. The van der Waals surface area contributed by atoms with Crippen molar-refractivity contribution in [3.05, 3.63) is 30.2 Å². The number of hydrogen-bond acceptors (Lipinski definition) is 4. The lowest BCUT2D eigenvalue weighted by Gasteiger charge is -2.24. The van der Waals surface area contributed by atoms with Gasteiger partial charge < -0.3 is 19.4 Å². The van der Waals surface area contributed by atoms with Crippen LogP contribution in [0.4, 0.5) is 4.79 Å². The number of carbonyl (C=O) groups excluding carboxylic acids is 2. The molecule has 3 rings (SSSR count). The predicted molar refractivity (Wildman–Crippen MR) is 86.2 cm³/mol. The lowest BCUT2D eigenvalue weighted by Crippen LogP contribution is -2.35. The molecule has 0 radical (unpaired) electrons. The first-order valence-corrected chi connectivity index (χ1v) is 7.74. The van der Waals surface area contributed by atoms with Gasteiger partial charge in [0.05, 0.1) is 5.69 Å². The molecule has 0 aliphatic carbocycles. The van der Waals surface area contributed by atoms with Crippen LogP contribution in [0, 0.1) is 5.92 Å². The minimum Gasteiger partial charge on any atom is -0.444 e. The van der Waals surface area contributed by atoms with Crippen molar-refractivity contribution in [2.24, 2.45) is 5.92 Å². The summed E-state index contributed by atoms with van der Waals surface area (Å²) in [5.74, 6) is -0.380. The Kier molecular flexibility index (Phi) is 3.83. The Morgan fingerprint density at radius 2 is 2.17 bits per heavy atom. The van der Waals surface area contributed by atoms with Gasteiger partial charge in [-0.2, -0.15) is 0 Å². The van der Waals surface area contributed by atoms with Crippen molar-refractivity contribution in [3.63, 3.8) is 0 Å². The molecule has 2 aromatic rings. The molecule has 0 saturated carbocycles. The number of amides is 1. The molecule has 6 nitrogen and oxygen atoms in total. The maximum Gasteiger partial charge on any atom is 0.410 e. The highest BCUT2D eigenvalue weighted by atomic mass is 16.6. The van der Waals surface area contributed by atoms with E-state index in [1.54, 1.807) is 11.1 Å². The van der Waals surface area contributed by atoms with E-state index in [1.807, 2.05) is 39.1 Å². The number of carbonyl (C=O) groups is 2. The number of nitrogens with zero attached hydrogens (tertiary/aromatic N) is 2. The van der Waals surface area contributed by atoms with E-state index in [9.17, 15) is 9.59 Å². The van der Waals surface area contributed by atoms with Crippen LogP contribution in [0.1, 0.15) is 32.4 Å². The van der Waals surface area contributed by atoms with Gasteiger partial charge in [0, 0.05) is 48.2 Å². The van der Waals surface area contributed by atoms with Crippen LogP contribution >= 0.6 is 0 Å². The van der Waals surface area contributed by atoms with Crippen LogP contribution in [-0.4, -0.2) is 45.9 Å². The summed E-state index contributed by atoms with van der Waals surface area (Å²) in [6, 6.07) is 3.85. The molecule has 0 aromatic carbocycles. The third kappa shape index (κ3) is 3.06. The number of rotatable bonds is 2. The second-order valence-corrected chi connectivity index (χ2v) is 6.93. The minimum atomic E-state index is -0.551. The summed E-state index contributed by atoms with van der Waals surface area (Å²) in [4.78, 5) is 33.0. The lowest BCUT2D eigenvalue weighted by atomic mass is 9.92. The number of likely N-dealkylation sites (tertiary alicyclic amines) is 1. The van der Waals surface area contributed by atoms with Crippen LogP contribution in [0.2, 0.25) is 0 Å². The molecule has 0 bridgehead atoms. The number of H-pyrrole nitrogens is 1. The third-order valence-corrected chi connectivity index (χ3v) is 4.05. The summed E-state index contributed by atoms with van der Waals surface area (Å²) in [7, 11) is 0. The average molecular weight is 315 g/mol. The Morgan fingerprint density at radius 3 is 2.87 bits per heavy atom. The van der Waals surface area contributed by atoms with Crippen LogP contribution in [0.25, 0.3) is 10.9 Å². The first-order valence-electron chi connectivity index (χ1n) is 7.74. The molecule has 6 heteroatoms. The molecular formula is C17H21N3O3. The molecule has 2 atom stereocenters. The largest absolute Gasteiger partial charge is 0.444 e. The monoisotopic (exact) mass is 315 g/mol. The Hall–Kier alpha value is -2.37. The summed E-state index contributed by atoms with van der Waals surface area (Å²) in [6.45, 7) is 6.30. The number of aromatic nitrogens is 2. The zero-order chi connectivity index (χ0) is 16.6. The van der Waals surface area contributed by atoms with Gasteiger partial charge in [-0.05, 0) is 32.9 Å². The van der Waals surface area contributed by atoms with Crippen LogP contribution in [0.5, 0.6) is 0 Å². The van der Waals surface area contributed by atoms with Gasteiger partial charge in [-0.15, -0.1) is 0 Å². The number of hydrogen-bond donors (Lipinski definition) is 1. The summed E-state index contributed by atoms with van der Waals surface area (Å²) >= 11 is 0. The van der Waals surface area contributed by atoms with Gasteiger partial charge in [-0.25, -0.2) is 4.79 Å². The van der Waals surface area contributed by atoms with Crippen LogP contribution in [-0.2, 0) is 9.53 Å². The van der Waals surface area contributed by atoms with Crippen molar-refractivity contribution in [1.29, 1.82) is 0 Å². The minimum absolute atomic E-state index is 0.112. The first-order chi connectivity index (χ1) is 10.9.